The van der Waals surface area contributed by atoms with Gasteiger partial charge in [-0.1, -0.05) is 29.6 Å². The van der Waals surface area contributed by atoms with Crippen LogP contribution in [0.1, 0.15) is 35.2 Å². The fourth-order valence-corrected chi connectivity index (χ4v) is 5.91. The molecule has 4 rings (SSSR count). The molecule has 1 aliphatic heterocycles. The summed E-state index contributed by atoms with van der Waals surface area (Å²) >= 11 is 11.8. The van der Waals surface area contributed by atoms with Gasteiger partial charge in [-0.3, -0.25) is 9.52 Å². The Labute approximate surface area is 251 Å². The molecule has 3 aromatic carbocycles. The first-order valence-electron chi connectivity index (χ1n) is 12.9. The second-order valence-electron chi connectivity index (χ2n) is 9.51. The molecule has 226 valence electrons. The third kappa shape index (κ3) is 8.00. The van der Waals surface area contributed by atoms with Crippen molar-refractivity contribution in [2.75, 3.05) is 38.0 Å². The highest BCUT2D eigenvalue weighted by Gasteiger charge is 2.34. The van der Waals surface area contributed by atoms with Crippen molar-refractivity contribution in [3.63, 3.8) is 0 Å². The summed E-state index contributed by atoms with van der Waals surface area (Å²) in [4.78, 5) is 14.2. The Kier molecular flexibility index (Phi) is 10.1. The molecule has 1 aliphatic rings. The molecule has 2 N–H and O–H groups in total. The zero-order chi connectivity index (χ0) is 30.5. The van der Waals surface area contributed by atoms with Crippen LogP contribution in [0.25, 0.3) is 0 Å². The van der Waals surface area contributed by atoms with Gasteiger partial charge in [-0.05, 0) is 74.5 Å². The maximum absolute atomic E-state index is 13.3. The van der Waals surface area contributed by atoms with Crippen LogP contribution < -0.4 is 19.5 Å². The fourth-order valence-electron chi connectivity index (χ4n) is 4.36. The molecule has 1 saturated heterocycles. The molecule has 0 spiro atoms. The van der Waals surface area contributed by atoms with Crippen LogP contribution >= 0.6 is 23.2 Å². The number of hydrogen-bond acceptors (Lipinski definition) is 6. The number of nitrogens with zero attached hydrogens (tertiary/aromatic N) is 1. The summed E-state index contributed by atoms with van der Waals surface area (Å²) in [6.45, 7) is 3.36. The first kappa shape index (κ1) is 31.7. The molecule has 1 heterocycles. The molecule has 0 aromatic heterocycles. The highest BCUT2D eigenvalue weighted by atomic mass is 35.5. The highest BCUT2D eigenvalue weighted by molar-refractivity contribution is 7.92. The Balaban J connectivity index is 1.51. The minimum Gasteiger partial charge on any atom is -0.495 e. The van der Waals surface area contributed by atoms with Crippen molar-refractivity contribution in [1.29, 1.82) is 0 Å². The molecule has 42 heavy (non-hydrogen) atoms. The van der Waals surface area contributed by atoms with Crippen molar-refractivity contribution in [3.05, 3.63) is 75.8 Å². The van der Waals surface area contributed by atoms with Crippen LogP contribution in [-0.4, -0.2) is 52.5 Å². The highest BCUT2D eigenvalue weighted by Crippen LogP contribution is 2.40. The van der Waals surface area contributed by atoms with Crippen molar-refractivity contribution in [3.8, 4) is 17.2 Å². The van der Waals surface area contributed by atoms with Crippen molar-refractivity contribution in [1.82, 2.24) is 10.2 Å². The Morgan fingerprint density at radius 3 is 2.29 bits per heavy atom. The third-order valence-corrected chi connectivity index (χ3v) is 8.55. The molecular formula is C28H28Cl2F3N3O5S. The van der Waals surface area contributed by atoms with Crippen molar-refractivity contribution >= 4 is 44.8 Å². The number of amides is 1. The van der Waals surface area contributed by atoms with Crippen molar-refractivity contribution in [2.45, 2.75) is 30.3 Å². The second kappa shape index (κ2) is 13.4. The number of nitrogens with one attached hydrogen (secondary N) is 2. The second-order valence-corrected chi connectivity index (χ2v) is 12.0. The van der Waals surface area contributed by atoms with Crippen LogP contribution in [0.5, 0.6) is 17.2 Å². The van der Waals surface area contributed by atoms with Gasteiger partial charge in [0, 0.05) is 24.7 Å². The van der Waals surface area contributed by atoms with E-state index in [1.165, 1.54) is 37.8 Å². The predicted molar refractivity (Wildman–Crippen MR) is 154 cm³/mol. The number of hydrogen-bond donors (Lipinski definition) is 2. The van der Waals surface area contributed by atoms with Gasteiger partial charge in [0.15, 0.2) is 5.75 Å². The summed E-state index contributed by atoms with van der Waals surface area (Å²) < 4.78 is 79.4. The smallest absolute Gasteiger partial charge is 0.417 e. The van der Waals surface area contributed by atoms with Gasteiger partial charge in [-0.15, -0.1) is 0 Å². The van der Waals surface area contributed by atoms with E-state index in [0.717, 1.165) is 44.6 Å². The van der Waals surface area contributed by atoms with E-state index >= 15 is 0 Å². The Morgan fingerprint density at radius 2 is 1.64 bits per heavy atom. The number of halogens is 5. The number of anilines is 1. The minimum atomic E-state index is -4.86. The fraction of sp³-hybridized carbons (Fsp3) is 0.321. The normalized spacial score (nSPS) is 14.3. The molecular weight excluding hydrogens is 618 g/mol. The summed E-state index contributed by atoms with van der Waals surface area (Å²) in [6.07, 6.45) is -1.30. The molecule has 0 bridgehead atoms. The third-order valence-electron chi connectivity index (χ3n) is 6.56. The summed E-state index contributed by atoms with van der Waals surface area (Å²) in [5, 5.41) is 2.27. The number of sulfonamides is 1. The van der Waals surface area contributed by atoms with Crippen molar-refractivity contribution < 1.29 is 35.9 Å². The number of piperidine rings is 1. The van der Waals surface area contributed by atoms with Crippen LogP contribution in [0.4, 0.5) is 18.9 Å². The van der Waals surface area contributed by atoms with E-state index in [-0.39, 0.29) is 33.9 Å². The van der Waals surface area contributed by atoms with E-state index in [9.17, 15) is 26.4 Å². The first-order valence-corrected chi connectivity index (χ1v) is 15.2. The molecule has 0 unspecified atom stereocenters. The molecule has 0 atom stereocenters. The number of carbonyl (C=O) groups is 1. The molecule has 8 nitrogen and oxygen atoms in total. The van der Waals surface area contributed by atoms with E-state index in [4.69, 9.17) is 32.7 Å². The monoisotopic (exact) mass is 645 g/mol. The summed E-state index contributed by atoms with van der Waals surface area (Å²) in [5.41, 5.74) is -1.06. The number of likely N-dealkylation sites (tertiary alicyclic amines) is 1. The number of methoxy groups -OCH3 is 1. The Bertz CT molecular complexity index is 1530. The molecule has 3 aromatic rings. The maximum atomic E-state index is 13.3. The summed E-state index contributed by atoms with van der Waals surface area (Å²) in [6, 6.07) is 10.9. The average Bonchev–Trinajstić information content (AvgIpc) is 2.94. The number of rotatable bonds is 10. The minimum absolute atomic E-state index is 0.0196. The first-order chi connectivity index (χ1) is 19.9. The number of carbonyl (C=O) groups excluding carboxylic acids is 1. The zero-order valence-electron chi connectivity index (χ0n) is 22.4. The zero-order valence-corrected chi connectivity index (χ0v) is 24.8. The SMILES string of the molecule is COc1cc(Oc2ccc(C(=O)NCCN3CCCCC3)cc2)c(NS(=O)(=O)c2ccc(Cl)c(C(F)(F)F)c2)cc1Cl. The lowest BCUT2D eigenvalue weighted by Crippen LogP contribution is -2.37. The molecule has 1 fully saturated rings. The van der Waals surface area contributed by atoms with Crippen LogP contribution in [0, 0.1) is 0 Å². The van der Waals surface area contributed by atoms with Crippen LogP contribution in [-0.2, 0) is 16.2 Å². The molecule has 0 aliphatic carbocycles. The van der Waals surface area contributed by atoms with Crippen LogP contribution in [0.2, 0.25) is 10.0 Å². The standard InChI is InChI=1S/C28H28Cl2F3N3O5S/c1-40-25-17-26(41-19-7-5-18(6-8-19)27(37)34-11-14-36-12-3-2-4-13-36)24(16-23(25)30)35-42(38,39)20-9-10-22(29)21(15-20)28(31,32)33/h5-10,15-17,35H,2-4,11-14H2,1H3,(H,34,37). The van der Waals surface area contributed by atoms with Gasteiger partial charge in [-0.2, -0.15) is 13.2 Å². The Hall–Kier alpha value is -3.19. The van der Waals surface area contributed by atoms with Crippen LogP contribution in [0.15, 0.2) is 59.5 Å². The van der Waals surface area contributed by atoms with Gasteiger partial charge in [0.1, 0.15) is 11.5 Å². The van der Waals surface area contributed by atoms with E-state index < -0.39 is 31.7 Å². The topological polar surface area (TPSA) is 97.0 Å². The summed E-state index contributed by atoms with van der Waals surface area (Å²) in [5.74, 6) is 0.102. The van der Waals surface area contributed by atoms with E-state index in [1.54, 1.807) is 12.1 Å². The molecule has 0 radical (unpaired) electrons. The summed E-state index contributed by atoms with van der Waals surface area (Å²) in [7, 11) is -3.20. The quantitative estimate of drug-likeness (QED) is 0.251. The van der Waals surface area contributed by atoms with Crippen LogP contribution in [0.3, 0.4) is 0 Å². The van der Waals surface area contributed by atoms with Gasteiger partial charge < -0.3 is 19.7 Å². The lowest BCUT2D eigenvalue weighted by molar-refractivity contribution is -0.137. The number of ether oxygens (including phenoxy) is 2. The van der Waals surface area contributed by atoms with E-state index in [0.29, 0.717) is 18.2 Å². The molecule has 14 heteroatoms. The van der Waals surface area contributed by atoms with E-state index in [1.807, 2.05) is 0 Å². The maximum Gasteiger partial charge on any atom is 0.417 e. The van der Waals surface area contributed by atoms with Gasteiger partial charge in [-0.25, -0.2) is 8.42 Å². The average molecular weight is 647 g/mol. The number of alkyl halides is 3. The van der Waals surface area contributed by atoms with Gasteiger partial charge in [0.25, 0.3) is 15.9 Å². The van der Waals surface area contributed by atoms with Gasteiger partial charge >= 0.3 is 6.18 Å². The Morgan fingerprint density at radius 1 is 0.952 bits per heavy atom. The van der Waals surface area contributed by atoms with E-state index in [2.05, 4.69) is 14.9 Å². The van der Waals surface area contributed by atoms with Gasteiger partial charge in [0.2, 0.25) is 0 Å². The lowest BCUT2D eigenvalue weighted by Gasteiger charge is -2.26. The predicted octanol–water partition coefficient (Wildman–Crippen LogP) is 6.83. The number of benzene rings is 3. The molecule has 0 saturated carbocycles. The van der Waals surface area contributed by atoms with Crippen molar-refractivity contribution in [2.24, 2.45) is 0 Å². The largest absolute Gasteiger partial charge is 0.495 e. The molecule has 1 amide bonds. The van der Waals surface area contributed by atoms with Gasteiger partial charge in [0.05, 0.1) is 33.3 Å². The lowest BCUT2D eigenvalue weighted by atomic mass is 10.1.